The third-order valence-electron chi connectivity index (χ3n) is 2.50. The first-order valence-electron chi connectivity index (χ1n) is 3.94. The molecule has 0 aromatic heterocycles. The molecule has 1 nitrogen and oxygen atoms in total. The Labute approximate surface area is 67.6 Å². The van der Waals surface area contributed by atoms with Gasteiger partial charge in [0.25, 0.3) is 0 Å². The van der Waals surface area contributed by atoms with Crippen LogP contribution in [0, 0.1) is 11.8 Å². The summed E-state index contributed by atoms with van der Waals surface area (Å²) >= 11 is 3.83. The van der Waals surface area contributed by atoms with E-state index in [0.717, 1.165) is 0 Å². The van der Waals surface area contributed by atoms with Crippen molar-refractivity contribution < 1.29 is 4.79 Å². The van der Waals surface area contributed by atoms with Gasteiger partial charge in [-0.15, -0.1) is 12.6 Å². The highest BCUT2D eigenvalue weighted by molar-refractivity contribution is 7.96. The van der Waals surface area contributed by atoms with Crippen LogP contribution in [0.5, 0.6) is 0 Å². The average molecular weight is 158 g/mol. The van der Waals surface area contributed by atoms with E-state index >= 15 is 0 Å². The van der Waals surface area contributed by atoms with Crippen molar-refractivity contribution in [1.82, 2.24) is 0 Å². The summed E-state index contributed by atoms with van der Waals surface area (Å²) in [4.78, 5) is 10.8. The number of carbonyl (C=O) groups is 1. The zero-order valence-corrected chi connectivity index (χ0v) is 7.23. The van der Waals surface area contributed by atoms with Crippen molar-refractivity contribution in [3.8, 4) is 0 Å². The maximum atomic E-state index is 10.8. The molecule has 1 unspecified atom stereocenters. The van der Waals surface area contributed by atoms with Gasteiger partial charge >= 0.3 is 0 Å². The Balaban J connectivity index is 2.39. The monoisotopic (exact) mass is 158 g/mol. The second-order valence-corrected chi connectivity index (χ2v) is 3.61. The molecular weight excluding hydrogens is 144 g/mol. The van der Waals surface area contributed by atoms with E-state index in [2.05, 4.69) is 12.6 Å². The number of hydrogen-bond donors (Lipinski definition) is 1. The summed E-state index contributed by atoms with van der Waals surface area (Å²) in [6.07, 6.45) is 5.06. The van der Waals surface area contributed by atoms with Crippen LogP contribution in [-0.2, 0) is 4.79 Å². The molecule has 1 atom stereocenters. The van der Waals surface area contributed by atoms with Crippen molar-refractivity contribution in [1.29, 1.82) is 0 Å². The van der Waals surface area contributed by atoms with Gasteiger partial charge in [-0.1, -0.05) is 19.8 Å². The molecule has 0 heterocycles. The molecular formula is C8H14OS. The normalized spacial score (nSPS) is 23.0. The predicted molar refractivity (Wildman–Crippen MR) is 45.1 cm³/mol. The van der Waals surface area contributed by atoms with Crippen LogP contribution in [0.2, 0.25) is 0 Å². The van der Waals surface area contributed by atoms with E-state index in [1.165, 1.54) is 25.7 Å². The lowest BCUT2D eigenvalue weighted by Gasteiger charge is -2.13. The van der Waals surface area contributed by atoms with Crippen LogP contribution in [0.15, 0.2) is 0 Å². The number of thiol groups is 1. The van der Waals surface area contributed by atoms with Gasteiger partial charge in [0, 0.05) is 5.92 Å². The van der Waals surface area contributed by atoms with Crippen molar-refractivity contribution in [3.05, 3.63) is 0 Å². The lowest BCUT2D eigenvalue weighted by atomic mass is 9.94. The molecule has 58 valence electrons. The molecule has 10 heavy (non-hydrogen) atoms. The van der Waals surface area contributed by atoms with Crippen LogP contribution in [0.25, 0.3) is 0 Å². The maximum Gasteiger partial charge on any atom is 0.188 e. The van der Waals surface area contributed by atoms with Gasteiger partial charge in [-0.25, -0.2) is 0 Å². The molecule has 0 aromatic rings. The Morgan fingerprint density at radius 1 is 1.50 bits per heavy atom. The Morgan fingerprint density at radius 3 is 2.40 bits per heavy atom. The van der Waals surface area contributed by atoms with Gasteiger partial charge in [0.05, 0.1) is 0 Å². The largest absolute Gasteiger partial charge is 0.287 e. The third kappa shape index (κ3) is 1.75. The van der Waals surface area contributed by atoms with E-state index in [9.17, 15) is 4.79 Å². The summed E-state index contributed by atoms with van der Waals surface area (Å²) < 4.78 is 0. The van der Waals surface area contributed by atoms with Gasteiger partial charge < -0.3 is 0 Å². The minimum atomic E-state index is 0.0619. The number of rotatable bonds is 2. The fraction of sp³-hybridized carbons (Fsp3) is 0.875. The van der Waals surface area contributed by atoms with E-state index < -0.39 is 0 Å². The molecule has 2 heteroatoms. The highest BCUT2D eigenvalue weighted by Gasteiger charge is 2.24. The standard InChI is InChI=1S/C8H14OS/c1-6(8(9)10)7-4-2-3-5-7/h6-7H,2-5H2,1H3,(H,9,10). The van der Waals surface area contributed by atoms with Gasteiger partial charge in [0.15, 0.2) is 5.12 Å². The predicted octanol–water partition coefficient (Wildman–Crippen LogP) is 2.27. The van der Waals surface area contributed by atoms with Gasteiger partial charge in [-0.2, -0.15) is 0 Å². The van der Waals surface area contributed by atoms with Crippen molar-refractivity contribution in [3.63, 3.8) is 0 Å². The van der Waals surface area contributed by atoms with E-state index in [1.54, 1.807) is 0 Å². The maximum absolute atomic E-state index is 10.8. The van der Waals surface area contributed by atoms with Crippen molar-refractivity contribution in [2.45, 2.75) is 32.6 Å². The molecule has 0 N–H and O–H groups in total. The Kier molecular flexibility index (Phi) is 2.78. The van der Waals surface area contributed by atoms with Crippen LogP contribution in [-0.4, -0.2) is 5.12 Å². The molecule has 1 saturated carbocycles. The summed E-state index contributed by atoms with van der Waals surface area (Å²) in [6, 6.07) is 0. The quantitative estimate of drug-likeness (QED) is 0.610. The fourth-order valence-corrected chi connectivity index (χ4v) is 1.87. The second kappa shape index (κ2) is 3.42. The second-order valence-electron chi connectivity index (χ2n) is 3.17. The smallest absolute Gasteiger partial charge is 0.188 e. The van der Waals surface area contributed by atoms with E-state index in [4.69, 9.17) is 0 Å². The summed E-state index contributed by atoms with van der Waals surface area (Å²) in [6.45, 7) is 1.99. The van der Waals surface area contributed by atoms with Gasteiger partial charge in [-0.05, 0) is 18.8 Å². The average Bonchev–Trinajstić information content (AvgIpc) is 2.36. The fourth-order valence-electron chi connectivity index (χ4n) is 1.66. The third-order valence-corrected chi connectivity index (χ3v) is 2.90. The molecule has 0 amide bonds. The SMILES string of the molecule is CC(C(=O)S)C1CCCC1. The topological polar surface area (TPSA) is 17.1 Å². The van der Waals surface area contributed by atoms with Gasteiger partial charge in [0.1, 0.15) is 0 Å². The van der Waals surface area contributed by atoms with Crippen LogP contribution < -0.4 is 0 Å². The Hall–Kier alpha value is 0.0200. The van der Waals surface area contributed by atoms with Crippen molar-refractivity contribution >= 4 is 17.7 Å². The Bertz CT molecular complexity index is 127. The van der Waals surface area contributed by atoms with Gasteiger partial charge in [0.2, 0.25) is 0 Å². The van der Waals surface area contributed by atoms with E-state index in [0.29, 0.717) is 5.92 Å². The first-order chi connectivity index (χ1) is 4.72. The molecule has 0 aliphatic heterocycles. The summed E-state index contributed by atoms with van der Waals surface area (Å²) in [5, 5.41) is 0.0619. The van der Waals surface area contributed by atoms with Crippen LogP contribution in [0.3, 0.4) is 0 Å². The number of hydrogen-bond acceptors (Lipinski definition) is 1. The lowest BCUT2D eigenvalue weighted by Crippen LogP contribution is -2.13. The highest BCUT2D eigenvalue weighted by atomic mass is 32.1. The minimum Gasteiger partial charge on any atom is -0.287 e. The van der Waals surface area contributed by atoms with Crippen LogP contribution in [0.1, 0.15) is 32.6 Å². The molecule has 0 radical (unpaired) electrons. The molecule has 1 rings (SSSR count). The molecule has 1 aliphatic carbocycles. The molecule has 0 bridgehead atoms. The van der Waals surface area contributed by atoms with E-state index in [1.807, 2.05) is 6.92 Å². The first-order valence-corrected chi connectivity index (χ1v) is 4.39. The molecule has 0 aromatic carbocycles. The van der Waals surface area contributed by atoms with Gasteiger partial charge in [-0.3, -0.25) is 4.79 Å². The summed E-state index contributed by atoms with van der Waals surface area (Å²) in [5.41, 5.74) is 0. The Morgan fingerprint density at radius 2 is 2.00 bits per heavy atom. The number of carbonyl (C=O) groups excluding carboxylic acids is 1. The summed E-state index contributed by atoms with van der Waals surface area (Å²) in [7, 11) is 0. The zero-order valence-electron chi connectivity index (χ0n) is 6.34. The summed E-state index contributed by atoms with van der Waals surface area (Å²) in [5.74, 6) is 0.816. The molecule has 0 saturated heterocycles. The van der Waals surface area contributed by atoms with E-state index in [-0.39, 0.29) is 11.0 Å². The van der Waals surface area contributed by atoms with Crippen molar-refractivity contribution in [2.75, 3.05) is 0 Å². The first kappa shape index (κ1) is 8.12. The van der Waals surface area contributed by atoms with Crippen LogP contribution in [0.4, 0.5) is 0 Å². The van der Waals surface area contributed by atoms with Crippen molar-refractivity contribution in [2.24, 2.45) is 11.8 Å². The lowest BCUT2D eigenvalue weighted by molar-refractivity contribution is -0.115. The highest BCUT2D eigenvalue weighted by Crippen LogP contribution is 2.31. The molecule has 1 fully saturated rings. The zero-order chi connectivity index (χ0) is 7.56. The molecule has 1 aliphatic rings. The minimum absolute atomic E-state index is 0.0619. The van der Waals surface area contributed by atoms with Crippen LogP contribution >= 0.6 is 12.6 Å². The molecule has 0 spiro atoms.